The van der Waals surface area contributed by atoms with Gasteiger partial charge >= 0.3 is 0 Å². The Morgan fingerprint density at radius 2 is 2.20 bits per heavy atom. The quantitative estimate of drug-likeness (QED) is 0.892. The topological polar surface area (TPSA) is 39.1 Å². The number of hydrogen-bond acceptors (Lipinski definition) is 3. The van der Waals surface area contributed by atoms with Crippen LogP contribution in [0.25, 0.3) is 0 Å². The smallest absolute Gasteiger partial charge is 0.0991 e. The van der Waals surface area contributed by atoms with Crippen LogP contribution in [-0.2, 0) is 6.54 Å². The molecule has 0 aromatic heterocycles. The molecule has 1 aliphatic heterocycles. The van der Waals surface area contributed by atoms with Crippen LogP contribution < -0.4 is 5.32 Å². The maximum Gasteiger partial charge on any atom is 0.0991 e. The summed E-state index contributed by atoms with van der Waals surface area (Å²) in [4.78, 5) is 2.67. The predicted octanol–water partition coefficient (Wildman–Crippen LogP) is 2.44. The largest absolute Gasteiger partial charge is 0.312 e. The monoisotopic (exact) mass is 269 g/mol. The first kappa shape index (κ1) is 13.6. The fourth-order valence-corrected chi connectivity index (χ4v) is 3.18. The Bertz CT molecular complexity index is 513. The minimum absolute atomic E-state index is 0.752. The maximum absolute atomic E-state index is 8.88. The molecule has 0 radical (unpaired) electrons. The number of hydrogen-bond donors (Lipinski definition) is 1. The fourth-order valence-electron chi connectivity index (χ4n) is 3.18. The van der Waals surface area contributed by atoms with E-state index in [4.69, 9.17) is 5.26 Å². The van der Waals surface area contributed by atoms with Gasteiger partial charge in [-0.15, -0.1) is 0 Å². The van der Waals surface area contributed by atoms with Crippen LogP contribution in [-0.4, -0.2) is 30.6 Å². The van der Waals surface area contributed by atoms with Crippen molar-refractivity contribution in [1.82, 2.24) is 10.2 Å². The molecule has 1 atom stereocenters. The standard InChI is InChI=1S/C17H23N3/c1-13-8-14(9-18)2-3-16(13)11-19-10-15-6-7-20(12-15)17-4-5-17/h2-3,8,15,17,19H,4-7,10-12H2,1H3. The highest BCUT2D eigenvalue weighted by Gasteiger charge is 2.33. The number of nitrogens with zero attached hydrogens (tertiary/aromatic N) is 2. The number of benzene rings is 1. The molecule has 1 aromatic carbocycles. The molecule has 1 aliphatic carbocycles. The van der Waals surface area contributed by atoms with Crippen LogP contribution in [0.5, 0.6) is 0 Å². The summed E-state index contributed by atoms with van der Waals surface area (Å²) >= 11 is 0. The van der Waals surface area contributed by atoms with Crippen molar-refractivity contribution in [3.05, 3.63) is 34.9 Å². The van der Waals surface area contributed by atoms with E-state index in [0.717, 1.165) is 30.6 Å². The lowest BCUT2D eigenvalue weighted by Gasteiger charge is -2.15. The number of aryl methyl sites for hydroxylation is 1. The van der Waals surface area contributed by atoms with Gasteiger partial charge in [-0.25, -0.2) is 0 Å². The lowest BCUT2D eigenvalue weighted by atomic mass is 10.0. The molecule has 106 valence electrons. The van der Waals surface area contributed by atoms with Gasteiger partial charge in [-0.05, 0) is 68.5 Å². The highest BCUT2D eigenvalue weighted by molar-refractivity contribution is 5.37. The van der Waals surface area contributed by atoms with Gasteiger partial charge in [0.05, 0.1) is 11.6 Å². The highest BCUT2D eigenvalue weighted by Crippen LogP contribution is 2.31. The molecule has 3 rings (SSSR count). The molecule has 1 saturated carbocycles. The van der Waals surface area contributed by atoms with Crippen molar-refractivity contribution in [2.45, 2.75) is 38.8 Å². The summed E-state index contributed by atoms with van der Waals surface area (Å²) in [7, 11) is 0. The van der Waals surface area contributed by atoms with E-state index in [0.29, 0.717) is 0 Å². The van der Waals surface area contributed by atoms with Gasteiger partial charge < -0.3 is 10.2 Å². The third kappa shape index (κ3) is 3.20. The van der Waals surface area contributed by atoms with Gasteiger partial charge in [0.2, 0.25) is 0 Å². The van der Waals surface area contributed by atoms with E-state index in [-0.39, 0.29) is 0 Å². The summed E-state index contributed by atoms with van der Waals surface area (Å²) in [6.07, 6.45) is 4.19. The van der Waals surface area contributed by atoms with Gasteiger partial charge in [0.25, 0.3) is 0 Å². The van der Waals surface area contributed by atoms with Crippen molar-refractivity contribution >= 4 is 0 Å². The van der Waals surface area contributed by atoms with E-state index < -0.39 is 0 Å². The molecule has 3 heteroatoms. The Morgan fingerprint density at radius 3 is 2.90 bits per heavy atom. The molecule has 1 N–H and O–H groups in total. The lowest BCUT2D eigenvalue weighted by Crippen LogP contribution is -2.27. The maximum atomic E-state index is 8.88. The summed E-state index contributed by atoms with van der Waals surface area (Å²) in [5, 5.41) is 12.5. The van der Waals surface area contributed by atoms with Gasteiger partial charge in [0.15, 0.2) is 0 Å². The van der Waals surface area contributed by atoms with Crippen LogP contribution in [0.15, 0.2) is 18.2 Å². The average molecular weight is 269 g/mol. The Balaban J connectivity index is 1.44. The summed E-state index contributed by atoms with van der Waals surface area (Å²) in [5.74, 6) is 0.814. The number of nitrogens with one attached hydrogen (secondary N) is 1. The molecule has 1 unspecified atom stereocenters. The molecule has 1 saturated heterocycles. The minimum atomic E-state index is 0.752. The predicted molar refractivity (Wildman–Crippen MR) is 80.3 cm³/mol. The zero-order valence-corrected chi connectivity index (χ0v) is 12.2. The molecule has 0 spiro atoms. The van der Waals surface area contributed by atoms with Crippen LogP contribution in [0.2, 0.25) is 0 Å². The minimum Gasteiger partial charge on any atom is -0.312 e. The Hall–Kier alpha value is -1.37. The molecular formula is C17H23N3. The molecule has 1 heterocycles. The Morgan fingerprint density at radius 1 is 1.35 bits per heavy atom. The van der Waals surface area contributed by atoms with Gasteiger partial charge in [0.1, 0.15) is 0 Å². The van der Waals surface area contributed by atoms with Crippen molar-refractivity contribution in [1.29, 1.82) is 5.26 Å². The third-order valence-corrected chi connectivity index (χ3v) is 4.60. The summed E-state index contributed by atoms with van der Waals surface area (Å²) < 4.78 is 0. The van der Waals surface area contributed by atoms with Crippen molar-refractivity contribution in [3.63, 3.8) is 0 Å². The van der Waals surface area contributed by atoms with E-state index in [1.165, 1.54) is 43.5 Å². The normalized spacial score (nSPS) is 22.9. The number of nitriles is 1. The highest BCUT2D eigenvalue weighted by atomic mass is 15.2. The fraction of sp³-hybridized carbons (Fsp3) is 0.588. The number of likely N-dealkylation sites (tertiary alicyclic amines) is 1. The second-order valence-electron chi connectivity index (χ2n) is 6.26. The van der Waals surface area contributed by atoms with Gasteiger partial charge in [-0.1, -0.05) is 6.07 Å². The van der Waals surface area contributed by atoms with Crippen LogP contribution >= 0.6 is 0 Å². The van der Waals surface area contributed by atoms with Crippen LogP contribution in [0.4, 0.5) is 0 Å². The molecule has 0 bridgehead atoms. The number of rotatable bonds is 5. The second kappa shape index (κ2) is 5.95. The first-order valence-electron chi connectivity index (χ1n) is 7.70. The van der Waals surface area contributed by atoms with Crippen molar-refractivity contribution in [2.75, 3.05) is 19.6 Å². The van der Waals surface area contributed by atoms with Crippen LogP contribution in [0.1, 0.15) is 36.0 Å². The zero-order valence-electron chi connectivity index (χ0n) is 12.2. The van der Waals surface area contributed by atoms with E-state index in [9.17, 15) is 0 Å². The first-order chi connectivity index (χ1) is 9.76. The van der Waals surface area contributed by atoms with Crippen molar-refractivity contribution in [2.24, 2.45) is 5.92 Å². The van der Waals surface area contributed by atoms with E-state index in [1.54, 1.807) is 0 Å². The molecule has 0 amide bonds. The van der Waals surface area contributed by atoms with E-state index in [1.807, 2.05) is 12.1 Å². The van der Waals surface area contributed by atoms with Crippen molar-refractivity contribution in [3.8, 4) is 6.07 Å². The molecule has 3 nitrogen and oxygen atoms in total. The summed E-state index contributed by atoms with van der Waals surface area (Å²) in [6, 6.07) is 9.07. The first-order valence-corrected chi connectivity index (χ1v) is 7.70. The molecular weight excluding hydrogens is 246 g/mol. The zero-order chi connectivity index (χ0) is 13.9. The van der Waals surface area contributed by atoms with Gasteiger partial charge in [-0.3, -0.25) is 0 Å². The summed E-state index contributed by atoms with van der Waals surface area (Å²) in [6.45, 7) is 6.69. The molecule has 2 aliphatic rings. The lowest BCUT2D eigenvalue weighted by molar-refractivity contribution is 0.312. The molecule has 20 heavy (non-hydrogen) atoms. The molecule has 2 fully saturated rings. The Kier molecular flexibility index (Phi) is 4.05. The SMILES string of the molecule is Cc1cc(C#N)ccc1CNCC1CCN(C2CC2)C1. The Labute approximate surface area is 121 Å². The molecule has 1 aromatic rings. The van der Waals surface area contributed by atoms with Crippen molar-refractivity contribution < 1.29 is 0 Å². The third-order valence-electron chi connectivity index (χ3n) is 4.60. The van der Waals surface area contributed by atoms with Crippen LogP contribution in [0, 0.1) is 24.2 Å². The van der Waals surface area contributed by atoms with Crippen LogP contribution in [0.3, 0.4) is 0 Å². The second-order valence-corrected chi connectivity index (χ2v) is 6.26. The van der Waals surface area contributed by atoms with Gasteiger partial charge in [-0.2, -0.15) is 5.26 Å². The van der Waals surface area contributed by atoms with Gasteiger partial charge in [0, 0.05) is 19.1 Å². The summed E-state index contributed by atoms with van der Waals surface area (Å²) in [5.41, 5.74) is 3.27. The van der Waals surface area contributed by atoms with E-state index >= 15 is 0 Å². The average Bonchev–Trinajstić information content (AvgIpc) is 3.20. The van der Waals surface area contributed by atoms with E-state index in [2.05, 4.69) is 29.3 Å².